The van der Waals surface area contributed by atoms with Crippen LogP contribution >= 0.6 is 0 Å². The SMILES string of the molecule is CCCCCCC/C=C\C/C=C\C/C=C\CCCCCCCCCCCCC(=O)OCC(COC(=O)CCCCCCCCCCCCCCCCCCC)OC(=O)CCCCCCCCCCCCCCCCCCCCC. The van der Waals surface area contributed by atoms with Crippen molar-refractivity contribution in [3.63, 3.8) is 0 Å². The van der Waals surface area contributed by atoms with E-state index in [-0.39, 0.29) is 31.1 Å². The third-order valence-corrected chi connectivity index (χ3v) is 16.1. The van der Waals surface area contributed by atoms with Gasteiger partial charge in [-0.15, -0.1) is 0 Å². The van der Waals surface area contributed by atoms with Crippen LogP contribution in [0.3, 0.4) is 0 Å². The van der Waals surface area contributed by atoms with Gasteiger partial charge in [0.1, 0.15) is 13.2 Å². The Balaban J connectivity index is 4.30. The summed E-state index contributed by atoms with van der Waals surface area (Å²) in [6.07, 6.45) is 84.5. The zero-order valence-electron chi connectivity index (χ0n) is 53.4. The van der Waals surface area contributed by atoms with Gasteiger partial charge >= 0.3 is 17.9 Å². The second-order valence-electron chi connectivity index (χ2n) is 24.2. The summed E-state index contributed by atoms with van der Waals surface area (Å²) < 4.78 is 17.0. The quantitative estimate of drug-likeness (QED) is 0.0261. The van der Waals surface area contributed by atoms with Gasteiger partial charge in [0, 0.05) is 19.3 Å². The monoisotopic (exact) mass is 1110 g/mol. The molecule has 0 saturated carbocycles. The minimum Gasteiger partial charge on any atom is -0.462 e. The lowest BCUT2D eigenvalue weighted by Gasteiger charge is -2.18. The fraction of sp³-hybridized carbons (Fsp3) is 0.877. The normalized spacial score (nSPS) is 12.2. The molecule has 0 spiro atoms. The Bertz CT molecular complexity index is 1320. The summed E-state index contributed by atoms with van der Waals surface area (Å²) in [5.74, 6) is -0.838. The van der Waals surface area contributed by atoms with Gasteiger partial charge in [0.25, 0.3) is 0 Å². The molecule has 0 N–H and O–H groups in total. The number of ether oxygens (including phenoxy) is 3. The highest BCUT2D eigenvalue weighted by Crippen LogP contribution is 2.19. The molecule has 0 amide bonds. The van der Waals surface area contributed by atoms with Crippen LogP contribution in [0.15, 0.2) is 36.5 Å². The van der Waals surface area contributed by atoms with Gasteiger partial charge in [-0.05, 0) is 57.8 Å². The van der Waals surface area contributed by atoms with Crippen molar-refractivity contribution in [2.75, 3.05) is 13.2 Å². The molecule has 0 saturated heterocycles. The van der Waals surface area contributed by atoms with E-state index in [1.54, 1.807) is 0 Å². The third-order valence-electron chi connectivity index (χ3n) is 16.1. The molecular weight excluding hydrogens is 973 g/mol. The van der Waals surface area contributed by atoms with Crippen LogP contribution in [0, 0.1) is 0 Å². The van der Waals surface area contributed by atoms with Crippen molar-refractivity contribution in [3.05, 3.63) is 36.5 Å². The minimum atomic E-state index is -0.771. The number of allylic oxidation sites excluding steroid dienone is 6. The summed E-state index contributed by atoms with van der Waals surface area (Å²) >= 11 is 0. The maximum absolute atomic E-state index is 13.0. The van der Waals surface area contributed by atoms with Crippen molar-refractivity contribution in [1.82, 2.24) is 0 Å². The van der Waals surface area contributed by atoms with Gasteiger partial charge in [-0.2, -0.15) is 0 Å². The Hall–Kier alpha value is -2.37. The number of esters is 3. The molecule has 0 aromatic heterocycles. The molecule has 0 aromatic rings. The van der Waals surface area contributed by atoms with E-state index in [4.69, 9.17) is 14.2 Å². The van der Waals surface area contributed by atoms with E-state index in [0.29, 0.717) is 19.3 Å². The van der Waals surface area contributed by atoms with E-state index in [2.05, 4.69) is 57.2 Å². The van der Waals surface area contributed by atoms with Crippen molar-refractivity contribution in [3.8, 4) is 0 Å². The number of carbonyl (C=O) groups is 3. The van der Waals surface area contributed by atoms with Crippen molar-refractivity contribution < 1.29 is 28.6 Å². The van der Waals surface area contributed by atoms with E-state index in [1.165, 1.54) is 283 Å². The lowest BCUT2D eigenvalue weighted by Crippen LogP contribution is -2.30. The van der Waals surface area contributed by atoms with Crippen LogP contribution in [-0.2, 0) is 28.6 Å². The summed E-state index contributed by atoms with van der Waals surface area (Å²) in [4.78, 5) is 38.5. The highest BCUT2D eigenvalue weighted by Gasteiger charge is 2.19. The molecule has 6 heteroatoms. The zero-order valence-corrected chi connectivity index (χ0v) is 53.4. The lowest BCUT2D eigenvalue weighted by atomic mass is 10.0. The molecule has 0 aliphatic carbocycles. The largest absolute Gasteiger partial charge is 0.462 e. The number of unbranched alkanes of at least 4 members (excludes halogenated alkanes) is 49. The van der Waals surface area contributed by atoms with E-state index in [9.17, 15) is 14.4 Å². The van der Waals surface area contributed by atoms with E-state index in [1.807, 2.05) is 0 Å². The molecule has 0 fully saturated rings. The molecule has 6 nitrogen and oxygen atoms in total. The molecule has 79 heavy (non-hydrogen) atoms. The van der Waals surface area contributed by atoms with E-state index < -0.39 is 6.10 Å². The third kappa shape index (κ3) is 66.3. The number of carbonyl (C=O) groups excluding carboxylic acids is 3. The fourth-order valence-corrected chi connectivity index (χ4v) is 10.8. The molecule has 0 aliphatic heterocycles. The zero-order chi connectivity index (χ0) is 57.1. The molecule has 0 aromatic carbocycles. The molecule has 0 heterocycles. The van der Waals surface area contributed by atoms with Gasteiger partial charge < -0.3 is 14.2 Å². The first kappa shape index (κ1) is 76.6. The number of hydrogen-bond acceptors (Lipinski definition) is 6. The average molecular weight is 1110 g/mol. The molecule has 1 atom stereocenters. The highest BCUT2D eigenvalue weighted by atomic mass is 16.6. The number of hydrogen-bond donors (Lipinski definition) is 0. The standard InChI is InChI=1S/C73H136O6/c1-4-7-10-13-16-19-22-25-28-31-33-34-35-36-37-38-40-42-45-48-51-54-57-60-63-66-72(75)78-69-70(68-77-71(74)65-62-59-56-53-50-47-44-41-30-27-24-21-18-15-12-9-6-3)79-73(76)67-64-61-58-55-52-49-46-43-39-32-29-26-23-20-17-14-11-8-5-2/h22,25,31,33,35-36,70H,4-21,23-24,26-30,32,34,37-69H2,1-3H3/b25-22-,33-31-,36-35-. The van der Waals surface area contributed by atoms with Crippen molar-refractivity contribution in [1.29, 1.82) is 0 Å². The lowest BCUT2D eigenvalue weighted by molar-refractivity contribution is -0.167. The first-order valence-corrected chi connectivity index (χ1v) is 35.5. The number of rotatable bonds is 66. The van der Waals surface area contributed by atoms with Gasteiger partial charge in [0.15, 0.2) is 6.10 Å². The summed E-state index contributed by atoms with van der Waals surface area (Å²) in [5.41, 5.74) is 0. The maximum Gasteiger partial charge on any atom is 0.306 e. The summed E-state index contributed by atoms with van der Waals surface area (Å²) in [6.45, 7) is 6.71. The van der Waals surface area contributed by atoms with Crippen molar-refractivity contribution in [2.45, 2.75) is 399 Å². The van der Waals surface area contributed by atoms with Crippen LogP contribution < -0.4 is 0 Å². The van der Waals surface area contributed by atoms with Gasteiger partial charge in [-0.25, -0.2) is 0 Å². The Morgan fingerprint density at radius 1 is 0.253 bits per heavy atom. The Kier molecular flexibility index (Phi) is 66.1. The first-order valence-electron chi connectivity index (χ1n) is 35.5. The van der Waals surface area contributed by atoms with Gasteiger partial charge in [-0.3, -0.25) is 14.4 Å². The molecule has 0 bridgehead atoms. The van der Waals surface area contributed by atoms with Gasteiger partial charge in [-0.1, -0.05) is 353 Å². The predicted molar refractivity (Wildman–Crippen MR) is 344 cm³/mol. The first-order chi connectivity index (χ1) is 39.0. The smallest absolute Gasteiger partial charge is 0.306 e. The summed E-state index contributed by atoms with van der Waals surface area (Å²) in [7, 11) is 0. The molecule has 464 valence electrons. The van der Waals surface area contributed by atoms with Crippen LogP contribution in [0.2, 0.25) is 0 Å². The summed E-state index contributed by atoms with van der Waals surface area (Å²) in [6, 6.07) is 0. The molecule has 0 radical (unpaired) electrons. The van der Waals surface area contributed by atoms with Gasteiger partial charge in [0.05, 0.1) is 0 Å². The fourth-order valence-electron chi connectivity index (χ4n) is 10.8. The van der Waals surface area contributed by atoms with Crippen LogP contribution in [0.1, 0.15) is 393 Å². The Morgan fingerprint density at radius 2 is 0.456 bits per heavy atom. The van der Waals surface area contributed by atoms with E-state index >= 15 is 0 Å². The van der Waals surface area contributed by atoms with Crippen molar-refractivity contribution in [2.24, 2.45) is 0 Å². The van der Waals surface area contributed by atoms with Crippen LogP contribution in [0.5, 0.6) is 0 Å². The average Bonchev–Trinajstić information content (AvgIpc) is 3.45. The van der Waals surface area contributed by atoms with Crippen molar-refractivity contribution >= 4 is 17.9 Å². The van der Waals surface area contributed by atoms with Crippen LogP contribution in [-0.4, -0.2) is 37.2 Å². The van der Waals surface area contributed by atoms with Crippen LogP contribution in [0.25, 0.3) is 0 Å². The van der Waals surface area contributed by atoms with Crippen LogP contribution in [0.4, 0.5) is 0 Å². The molecule has 0 aliphatic rings. The highest BCUT2D eigenvalue weighted by molar-refractivity contribution is 5.71. The minimum absolute atomic E-state index is 0.0668. The predicted octanol–water partition coefficient (Wildman–Crippen LogP) is 24.3. The second-order valence-corrected chi connectivity index (χ2v) is 24.2. The molecule has 0 rings (SSSR count). The Morgan fingerprint density at radius 3 is 0.709 bits per heavy atom. The Labute approximate surface area is 493 Å². The van der Waals surface area contributed by atoms with E-state index in [0.717, 1.165) is 70.6 Å². The maximum atomic E-state index is 13.0. The molecular formula is C73H136O6. The summed E-state index contributed by atoms with van der Waals surface area (Å²) in [5, 5.41) is 0. The van der Waals surface area contributed by atoms with Gasteiger partial charge in [0.2, 0.25) is 0 Å². The topological polar surface area (TPSA) is 78.9 Å². The second kappa shape index (κ2) is 68.1. The molecule has 1 unspecified atom stereocenters.